The van der Waals surface area contributed by atoms with Crippen LogP contribution in [0.15, 0.2) is 58.4 Å². The van der Waals surface area contributed by atoms with Gasteiger partial charge in [-0.05, 0) is 40.2 Å². The normalized spacial score (nSPS) is 10.4. The zero-order valence-electron chi connectivity index (χ0n) is 12.9. The summed E-state index contributed by atoms with van der Waals surface area (Å²) in [6.07, 6.45) is 0. The molecule has 6 heteroatoms. The van der Waals surface area contributed by atoms with Crippen molar-refractivity contribution in [1.29, 1.82) is 0 Å². The molecule has 0 aliphatic rings. The maximum absolute atomic E-state index is 12.1. The molecule has 0 aliphatic heterocycles. The molecule has 3 aromatic rings. The first-order valence-corrected chi connectivity index (χ1v) is 8.85. The molecule has 0 saturated carbocycles. The number of carbonyl (C=O) groups is 1. The van der Waals surface area contributed by atoms with Gasteiger partial charge in [-0.3, -0.25) is 0 Å². The third kappa shape index (κ3) is 3.66. The van der Waals surface area contributed by atoms with E-state index < -0.39 is 0 Å². The molecule has 0 N–H and O–H groups in total. The molecule has 0 unspecified atom stereocenters. The van der Waals surface area contributed by atoms with E-state index in [0.717, 1.165) is 16.3 Å². The predicted molar refractivity (Wildman–Crippen MR) is 97.4 cm³/mol. The molecule has 122 valence electrons. The lowest BCUT2D eigenvalue weighted by Gasteiger charge is -2.05. The van der Waals surface area contributed by atoms with Gasteiger partial charge in [0.05, 0.1) is 23.9 Å². The summed E-state index contributed by atoms with van der Waals surface area (Å²) in [4.78, 5) is 16.6. The number of ether oxygens (including phenoxy) is 2. The molecule has 0 radical (unpaired) electrons. The maximum atomic E-state index is 12.1. The highest BCUT2D eigenvalue weighted by Crippen LogP contribution is 2.32. The Bertz CT molecular complexity index is 863. The van der Waals surface area contributed by atoms with Crippen LogP contribution < -0.4 is 4.74 Å². The maximum Gasteiger partial charge on any atom is 0.339 e. The Morgan fingerprint density at radius 1 is 1.17 bits per heavy atom. The lowest BCUT2D eigenvalue weighted by Crippen LogP contribution is -2.06. The van der Waals surface area contributed by atoms with Gasteiger partial charge in [0.1, 0.15) is 17.4 Å². The fraction of sp³-hybridized carbons (Fsp3) is 0.111. The zero-order chi connectivity index (χ0) is 16.9. The molecule has 0 atom stereocenters. The number of rotatable bonds is 5. The number of carbonyl (C=O) groups excluding carboxylic acids is 1. The van der Waals surface area contributed by atoms with E-state index in [9.17, 15) is 4.79 Å². The van der Waals surface area contributed by atoms with Gasteiger partial charge in [0.2, 0.25) is 0 Å². The van der Waals surface area contributed by atoms with Gasteiger partial charge < -0.3 is 9.47 Å². The fourth-order valence-electron chi connectivity index (χ4n) is 2.16. The Morgan fingerprint density at radius 2 is 1.92 bits per heavy atom. The largest absolute Gasteiger partial charge is 0.496 e. The van der Waals surface area contributed by atoms with Gasteiger partial charge in [0.25, 0.3) is 0 Å². The van der Waals surface area contributed by atoms with Gasteiger partial charge in [-0.2, -0.15) is 0 Å². The predicted octanol–water partition coefficient (Wildman–Crippen LogP) is 4.94. The summed E-state index contributed by atoms with van der Waals surface area (Å²) in [5.41, 5.74) is 2.13. The average Bonchev–Trinajstić information content (AvgIpc) is 3.09. The highest BCUT2D eigenvalue weighted by molar-refractivity contribution is 9.10. The zero-order valence-corrected chi connectivity index (χ0v) is 15.3. The van der Waals surface area contributed by atoms with Crippen molar-refractivity contribution in [1.82, 2.24) is 4.98 Å². The van der Waals surface area contributed by atoms with Crippen molar-refractivity contribution < 1.29 is 14.3 Å². The van der Waals surface area contributed by atoms with Crippen molar-refractivity contribution in [2.75, 3.05) is 7.11 Å². The van der Waals surface area contributed by atoms with Crippen LogP contribution in [-0.2, 0) is 11.3 Å². The van der Waals surface area contributed by atoms with E-state index in [-0.39, 0.29) is 12.6 Å². The van der Waals surface area contributed by atoms with Gasteiger partial charge in [-0.15, -0.1) is 11.3 Å². The molecule has 24 heavy (non-hydrogen) atoms. The van der Waals surface area contributed by atoms with Crippen LogP contribution in [0.5, 0.6) is 5.75 Å². The number of nitrogens with zero attached hydrogens (tertiary/aromatic N) is 1. The summed E-state index contributed by atoms with van der Waals surface area (Å²) >= 11 is 4.84. The lowest BCUT2D eigenvalue weighted by atomic mass is 10.2. The second-order valence-corrected chi connectivity index (χ2v) is 6.61. The summed E-state index contributed by atoms with van der Waals surface area (Å²) in [7, 11) is 1.63. The van der Waals surface area contributed by atoms with E-state index in [2.05, 4.69) is 20.9 Å². The minimum atomic E-state index is -0.380. The second-order valence-electron chi connectivity index (χ2n) is 4.90. The molecule has 0 aliphatic carbocycles. The molecule has 2 aromatic carbocycles. The first-order chi connectivity index (χ1) is 11.7. The Morgan fingerprint density at radius 3 is 2.71 bits per heavy atom. The van der Waals surface area contributed by atoms with Gasteiger partial charge in [-0.1, -0.05) is 24.3 Å². The summed E-state index contributed by atoms with van der Waals surface area (Å²) in [5, 5.41) is 2.72. The van der Waals surface area contributed by atoms with E-state index in [1.165, 1.54) is 11.3 Å². The molecule has 0 saturated heterocycles. The highest BCUT2D eigenvalue weighted by atomic mass is 79.9. The van der Waals surface area contributed by atoms with Crippen LogP contribution in [0.25, 0.3) is 10.6 Å². The second kappa shape index (κ2) is 7.59. The number of hydrogen-bond donors (Lipinski definition) is 0. The van der Waals surface area contributed by atoms with Crippen LogP contribution in [0.4, 0.5) is 0 Å². The number of hydrogen-bond acceptors (Lipinski definition) is 5. The Balaban J connectivity index is 1.71. The number of benzene rings is 2. The van der Waals surface area contributed by atoms with Crippen molar-refractivity contribution in [2.45, 2.75) is 6.61 Å². The Kier molecular flexibility index (Phi) is 5.27. The Labute approximate surface area is 152 Å². The molecule has 1 heterocycles. The van der Waals surface area contributed by atoms with Crippen LogP contribution in [0.2, 0.25) is 0 Å². The molecule has 0 amide bonds. The number of methoxy groups -OCH3 is 1. The van der Waals surface area contributed by atoms with Crippen LogP contribution in [0, 0.1) is 0 Å². The van der Waals surface area contributed by atoms with Crippen LogP contribution >= 0.6 is 27.3 Å². The standard InChI is InChI=1S/C18H14BrNO3S/c1-22-16-9-5-3-7-14(16)17-20-12(11-24-17)10-23-18(21)13-6-2-4-8-15(13)19/h2-9,11H,10H2,1H3. The van der Waals surface area contributed by atoms with E-state index in [1.54, 1.807) is 25.3 Å². The van der Waals surface area contributed by atoms with Gasteiger partial charge in [-0.25, -0.2) is 9.78 Å². The monoisotopic (exact) mass is 403 g/mol. The molecule has 0 spiro atoms. The number of thiazole rings is 1. The number of halogens is 1. The minimum Gasteiger partial charge on any atom is -0.496 e. The van der Waals surface area contributed by atoms with E-state index in [4.69, 9.17) is 9.47 Å². The first kappa shape index (κ1) is 16.7. The number of aromatic nitrogens is 1. The fourth-order valence-corrected chi connectivity index (χ4v) is 3.44. The minimum absolute atomic E-state index is 0.131. The highest BCUT2D eigenvalue weighted by Gasteiger charge is 2.13. The number of esters is 1. The Hall–Kier alpha value is -2.18. The smallest absolute Gasteiger partial charge is 0.339 e. The van der Waals surface area contributed by atoms with Crippen molar-refractivity contribution in [3.63, 3.8) is 0 Å². The molecule has 0 bridgehead atoms. The van der Waals surface area contributed by atoms with E-state index in [0.29, 0.717) is 15.7 Å². The summed E-state index contributed by atoms with van der Waals surface area (Å²) in [6, 6.07) is 14.9. The molecular formula is C18H14BrNO3S. The van der Waals surface area contributed by atoms with Gasteiger partial charge in [0, 0.05) is 9.85 Å². The van der Waals surface area contributed by atoms with Crippen molar-refractivity contribution >= 4 is 33.2 Å². The number of para-hydroxylation sites is 1. The molecular weight excluding hydrogens is 390 g/mol. The third-order valence-corrected chi connectivity index (χ3v) is 4.95. The average molecular weight is 404 g/mol. The topological polar surface area (TPSA) is 48.4 Å². The molecule has 3 rings (SSSR count). The van der Waals surface area contributed by atoms with Crippen molar-refractivity contribution in [3.8, 4) is 16.3 Å². The molecule has 4 nitrogen and oxygen atoms in total. The SMILES string of the molecule is COc1ccccc1-c1nc(COC(=O)c2ccccc2Br)cs1. The molecule has 1 aromatic heterocycles. The summed E-state index contributed by atoms with van der Waals surface area (Å²) in [6.45, 7) is 0.131. The van der Waals surface area contributed by atoms with E-state index >= 15 is 0 Å². The van der Waals surface area contributed by atoms with E-state index in [1.807, 2.05) is 35.7 Å². The lowest BCUT2D eigenvalue weighted by molar-refractivity contribution is 0.0467. The summed E-state index contributed by atoms with van der Waals surface area (Å²) in [5.74, 6) is 0.387. The quantitative estimate of drug-likeness (QED) is 0.566. The van der Waals surface area contributed by atoms with Crippen molar-refractivity contribution in [3.05, 3.63) is 69.6 Å². The third-order valence-electron chi connectivity index (χ3n) is 3.33. The van der Waals surface area contributed by atoms with Crippen molar-refractivity contribution in [2.24, 2.45) is 0 Å². The van der Waals surface area contributed by atoms with Gasteiger partial charge in [0.15, 0.2) is 0 Å². The van der Waals surface area contributed by atoms with Crippen LogP contribution in [0.3, 0.4) is 0 Å². The summed E-state index contributed by atoms with van der Waals surface area (Å²) < 4.78 is 11.4. The van der Waals surface area contributed by atoms with Crippen LogP contribution in [-0.4, -0.2) is 18.1 Å². The van der Waals surface area contributed by atoms with Gasteiger partial charge >= 0.3 is 5.97 Å². The first-order valence-electron chi connectivity index (χ1n) is 7.18. The molecule has 0 fully saturated rings. The van der Waals surface area contributed by atoms with Crippen LogP contribution in [0.1, 0.15) is 16.1 Å².